The molecule has 1 amide bonds. The third-order valence-electron chi connectivity index (χ3n) is 3.49. The molecule has 6 N–H and O–H groups in total. The number of anilines is 4. The van der Waals surface area contributed by atoms with Crippen molar-refractivity contribution in [2.24, 2.45) is 5.73 Å². The Morgan fingerprint density at radius 3 is 2.67 bits per heavy atom. The molecule has 27 heavy (non-hydrogen) atoms. The zero-order valence-corrected chi connectivity index (χ0v) is 15.3. The molecule has 0 saturated carbocycles. The Morgan fingerprint density at radius 1 is 1.22 bits per heavy atom. The Morgan fingerprint density at radius 2 is 2.00 bits per heavy atom. The molecule has 0 unspecified atom stereocenters. The SMILES string of the molecule is Cc1cc(Nc2cnc(C(=O)NCCN)c(Nc3ccc(Cl)cc3)n2)n[nH]1. The number of nitrogens with two attached hydrogens (primary N) is 1. The quantitative estimate of drug-likeness (QED) is 0.420. The summed E-state index contributed by atoms with van der Waals surface area (Å²) in [5, 5.41) is 16.4. The summed E-state index contributed by atoms with van der Waals surface area (Å²) in [4.78, 5) is 21.1. The molecule has 0 aliphatic rings. The van der Waals surface area contributed by atoms with Gasteiger partial charge in [0.05, 0.1) is 6.20 Å². The monoisotopic (exact) mass is 386 g/mol. The Bertz CT molecular complexity index is 925. The second kappa shape index (κ2) is 8.47. The van der Waals surface area contributed by atoms with Crippen LogP contribution in [0.4, 0.5) is 23.1 Å². The fraction of sp³-hybridized carbons (Fsp3) is 0.176. The van der Waals surface area contributed by atoms with Crippen LogP contribution in [0.3, 0.4) is 0 Å². The van der Waals surface area contributed by atoms with Gasteiger partial charge in [-0.05, 0) is 31.2 Å². The number of aryl methyl sites for hydroxylation is 1. The average Bonchev–Trinajstić information content (AvgIpc) is 3.06. The van der Waals surface area contributed by atoms with Gasteiger partial charge in [0.25, 0.3) is 5.91 Å². The van der Waals surface area contributed by atoms with Crippen molar-refractivity contribution >= 4 is 40.6 Å². The number of nitrogens with one attached hydrogen (secondary N) is 4. The Labute approximate surface area is 160 Å². The summed E-state index contributed by atoms with van der Waals surface area (Å²) in [6.45, 7) is 2.56. The van der Waals surface area contributed by atoms with Gasteiger partial charge >= 0.3 is 0 Å². The van der Waals surface area contributed by atoms with E-state index in [2.05, 4.69) is 36.1 Å². The molecule has 0 radical (unpaired) electrons. The predicted molar refractivity (Wildman–Crippen MR) is 105 cm³/mol. The minimum atomic E-state index is -0.369. The second-order valence-electron chi connectivity index (χ2n) is 5.69. The first-order chi connectivity index (χ1) is 13.0. The topological polar surface area (TPSA) is 134 Å². The highest BCUT2D eigenvalue weighted by Crippen LogP contribution is 2.22. The lowest BCUT2D eigenvalue weighted by molar-refractivity contribution is 0.0950. The summed E-state index contributed by atoms with van der Waals surface area (Å²) < 4.78 is 0. The Kier molecular flexibility index (Phi) is 5.84. The number of aromatic nitrogens is 4. The van der Waals surface area contributed by atoms with E-state index < -0.39 is 0 Å². The number of carbonyl (C=O) groups is 1. The molecule has 0 atom stereocenters. The van der Waals surface area contributed by atoms with Crippen LogP contribution in [0.15, 0.2) is 36.5 Å². The maximum Gasteiger partial charge on any atom is 0.273 e. The van der Waals surface area contributed by atoms with Crippen molar-refractivity contribution in [3.05, 3.63) is 52.9 Å². The van der Waals surface area contributed by atoms with Crippen molar-refractivity contribution in [3.63, 3.8) is 0 Å². The summed E-state index contributed by atoms with van der Waals surface area (Å²) in [5.41, 5.74) is 7.22. The van der Waals surface area contributed by atoms with E-state index >= 15 is 0 Å². The number of benzene rings is 1. The number of amides is 1. The molecule has 10 heteroatoms. The van der Waals surface area contributed by atoms with Gasteiger partial charge in [-0.15, -0.1) is 0 Å². The van der Waals surface area contributed by atoms with E-state index in [1.54, 1.807) is 24.3 Å². The number of hydrogen-bond donors (Lipinski definition) is 5. The average molecular weight is 387 g/mol. The number of hydrogen-bond acceptors (Lipinski definition) is 7. The number of halogens is 1. The van der Waals surface area contributed by atoms with Gasteiger partial charge < -0.3 is 21.7 Å². The number of H-pyrrole nitrogens is 1. The van der Waals surface area contributed by atoms with Gasteiger partial charge in [-0.2, -0.15) is 5.10 Å². The van der Waals surface area contributed by atoms with Gasteiger partial charge in [0.15, 0.2) is 23.1 Å². The molecule has 0 saturated heterocycles. The zero-order valence-electron chi connectivity index (χ0n) is 14.6. The molecule has 2 aromatic heterocycles. The molecule has 0 bridgehead atoms. The van der Waals surface area contributed by atoms with E-state index in [0.717, 1.165) is 5.69 Å². The van der Waals surface area contributed by atoms with Crippen molar-refractivity contribution in [1.29, 1.82) is 0 Å². The van der Waals surface area contributed by atoms with Crippen molar-refractivity contribution in [2.45, 2.75) is 6.92 Å². The molecule has 1 aromatic carbocycles. The number of rotatable bonds is 7. The Hall–Kier alpha value is -3.17. The summed E-state index contributed by atoms with van der Waals surface area (Å²) in [6, 6.07) is 8.86. The van der Waals surface area contributed by atoms with Crippen LogP contribution >= 0.6 is 11.6 Å². The highest BCUT2D eigenvalue weighted by atomic mass is 35.5. The zero-order chi connectivity index (χ0) is 19.2. The highest BCUT2D eigenvalue weighted by Gasteiger charge is 2.16. The maximum absolute atomic E-state index is 12.4. The van der Waals surface area contributed by atoms with Gasteiger partial charge in [-0.25, -0.2) is 9.97 Å². The lowest BCUT2D eigenvalue weighted by atomic mass is 10.3. The molecule has 3 rings (SSSR count). The van der Waals surface area contributed by atoms with Crippen molar-refractivity contribution in [2.75, 3.05) is 23.7 Å². The maximum atomic E-state index is 12.4. The van der Waals surface area contributed by atoms with Gasteiger partial charge in [-0.1, -0.05) is 11.6 Å². The lowest BCUT2D eigenvalue weighted by Crippen LogP contribution is -2.30. The van der Waals surface area contributed by atoms with Crippen LogP contribution in [0.2, 0.25) is 5.02 Å². The van der Waals surface area contributed by atoms with Crippen molar-refractivity contribution in [3.8, 4) is 0 Å². The van der Waals surface area contributed by atoms with Crippen LogP contribution in [-0.4, -0.2) is 39.2 Å². The molecule has 0 aliphatic carbocycles. The van der Waals surface area contributed by atoms with Gasteiger partial charge in [0, 0.05) is 35.6 Å². The van der Waals surface area contributed by atoms with Gasteiger partial charge in [-0.3, -0.25) is 9.89 Å². The van der Waals surface area contributed by atoms with Crippen molar-refractivity contribution in [1.82, 2.24) is 25.5 Å². The molecule has 3 aromatic rings. The molecule has 9 nitrogen and oxygen atoms in total. The molecule has 140 valence electrons. The summed E-state index contributed by atoms with van der Waals surface area (Å²) in [5.74, 6) is 0.962. The van der Waals surface area contributed by atoms with Gasteiger partial charge in [0.2, 0.25) is 0 Å². The van der Waals surface area contributed by atoms with Crippen LogP contribution in [0.1, 0.15) is 16.2 Å². The van der Waals surface area contributed by atoms with E-state index in [4.69, 9.17) is 17.3 Å². The van der Waals surface area contributed by atoms with E-state index in [1.807, 2.05) is 13.0 Å². The van der Waals surface area contributed by atoms with Crippen molar-refractivity contribution < 1.29 is 4.79 Å². The first kappa shape index (κ1) is 18.6. The minimum Gasteiger partial charge on any atom is -0.349 e. The fourth-order valence-corrected chi connectivity index (χ4v) is 2.38. The van der Waals surface area contributed by atoms with Crippen LogP contribution in [0.25, 0.3) is 0 Å². The second-order valence-corrected chi connectivity index (χ2v) is 6.13. The smallest absolute Gasteiger partial charge is 0.273 e. The van der Waals surface area contributed by atoms with Crippen LogP contribution in [0.5, 0.6) is 0 Å². The number of nitrogens with zero attached hydrogens (tertiary/aromatic N) is 3. The Balaban J connectivity index is 1.89. The van der Waals surface area contributed by atoms with Crippen LogP contribution < -0.4 is 21.7 Å². The van der Waals surface area contributed by atoms with E-state index in [1.165, 1.54) is 6.20 Å². The third kappa shape index (κ3) is 4.93. The van der Waals surface area contributed by atoms with E-state index in [-0.39, 0.29) is 11.6 Å². The molecular weight excluding hydrogens is 368 g/mol. The standard InChI is InChI=1S/C17H19ClN8O/c1-10-8-13(26-25-10)23-14-9-21-15(17(27)20-7-6-19)16(24-14)22-12-4-2-11(18)3-5-12/h2-5,8-9H,6-7,19H2,1H3,(H,20,27)(H3,22,23,24,25,26). The fourth-order valence-electron chi connectivity index (χ4n) is 2.26. The molecule has 0 spiro atoms. The van der Waals surface area contributed by atoms with Gasteiger partial charge in [0.1, 0.15) is 0 Å². The predicted octanol–water partition coefficient (Wildman–Crippen LogP) is 2.34. The first-order valence-corrected chi connectivity index (χ1v) is 8.60. The third-order valence-corrected chi connectivity index (χ3v) is 3.74. The molecule has 0 aliphatic heterocycles. The minimum absolute atomic E-state index is 0.155. The largest absolute Gasteiger partial charge is 0.349 e. The van der Waals surface area contributed by atoms with E-state index in [9.17, 15) is 4.79 Å². The lowest BCUT2D eigenvalue weighted by Gasteiger charge is -2.12. The molecule has 2 heterocycles. The van der Waals surface area contributed by atoms with E-state index in [0.29, 0.717) is 41.3 Å². The van der Waals surface area contributed by atoms with Crippen LogP contribution in [0, 0.1) is 6.92 Å². The summed E-state index contributed by atoms with van der Waals surface area (Å²) in [6.07, 6.45) is 1.47. The normalized spacial score (nSPS) is 10.5. The summed E-state index contributed by atoms with van der Waals surface area (Å²) >= 11 is 5.92. The number of carbonyl (C=O) groups excluding carboxylic acids is 1. The summed E-state index contributed by atoms with van der Waals surface area (Å²) in [7, 11) is 0. The molecule has 0 fully saturated rings. The van der Waals surface area contributed by atoms with Crippen LogP contribution in [-0.2, 0) is 0 Å². The number of aromatic amines is 1. The highest BCUT2D eigenvalue weighted by molar-refractivity contribution is 6.30. The molecular formula is C17H19ClN8O. The first-order valence-electron chi connectivity index (χ1n) is 8.22.